The van der Waals surface area contributed by atoms with Gasteiger partial charge in [0.2, 0.25) is 0 Å². The van der Waals surface area contributed by atoms with E-state index in [1.807, 2.05) is 0 Å². The minimum Gasteiger partial charge on any atom is -0.303 e. The topological polar surface area (TPSA) is 17.1 Å². The molecule has 0 saturated heterocycles. The fourth-order valence-corrected chi connectivity index (χ4v) is 1.70. The van der Waals surface area contributed by atoms with Gasteiger partial charge < -0.3 is 4.79 Å². The third kappa shape index (κ3) is 2.54. The van der Waals surface area contributed by atoms with Crippen LogP contribution in [0.4, 0.5) is 8.78 Å². The number of hydrogen-bond donors (Lipinski definition) is 0. The van der Waals surface area contributed by atoms with Gasteiger partial charge in [-0.15, -0.1) is 11.8 Å². The maximum atomic E-state index is 13.5. The van der Waals surface area contributed by atoms with Gasteiger partial charge in [0, 0.05) is 11.3 Å². The summed E-state index contributed by atoms with van der Waals surface area (Å²) in [5.41, 5.74) is 0.265. The van der Waals surface area contributed by atoms with E-state index in [1.54, 1.807) is 6.26 Å². The molecule has 1 rings (SSSR count). The van der Waals surface area contributed by atoms with Crippen molar-refractivity contribution in [3.8, 4) is 0 Å². The molecule has 14 heavy (non-hydrogen) atoms. The molecular weight excluding hydrogens is 206 g/mol. The largest absolute Gasteiger partial charge is 0.303 e. The van der Waals surface area contributed by atoms with Crippen LogP contribution in [0.3, 0.4) is 0 Å². The van der Waals surface area contributed by atoms with Crippen molar-refractivity contribution in [1.82, 2.24) is 0 Å². The third-order valence-corrected chi connectivity index (χ3v) is 2.57. The van der Waals surface area contributed by atoms with Gasteiger partial charge in [-0.3, -0.25) is 0 Å². The number of aryl methyl sites for hydroxylation is 1. The Kier molecular flexibility index (Phi) is 4.07. The summed E-state index contributed by atoms with van der Waals surface area (Å²) in [6.45, 7) is 0. The number of aldehydes is 1. The van der Waals surface area contributed by atoms with Crippen molar-refractivity contribution in [2.24, 2.45) is 0 Å². The van der Waals surface area contributed by atoms with E-state index in [2.05, 4.69) is 0 Å². The van der Waals surface area contributed by atoms with Gasteiger partial charge in [0.05, 0.1) is 0 Å². The molecule has 0 N–H and O–H groups in total. The van der Waals surface area contributed by atoms with Crippen LogP contribution in [0.5, 0.6) is 0 Å². The first-order valence-electron chi connectivity index (χ1n) is 4.14. The first-order valence-corrected chi connectivity index (χ1v) is 5.37. The maximum Gasteiger partial charge on any atom is 0.140 e. The van der Waals surface area contributed by atoms with Crippen LogP contribution >= 0.6 is 11.8 Å². The summed E-state index contributed by atoms with van der Waals surface area (Å²) in [6, 6.07) is 2.29. The van der Waals surface area contributed by atoms with E-state index in [0.29, 0.717) is 6.29 Å². The molecule has 76 valence electrons. The predicted octanol–water partition coefficient (Wildman–Crippen LogP) is 2.82. The van der Waals surface area contributed by atoms with E-state index in [9.17, 15) is 13.6 Å². The molecule has 0 aliphatic heterocycles. The summed E-state index contributed by atoms with van der Waals surface area (Å²) < 4.78 is 26.4. The van der Waals surface area contributed by atoms with E-state index >= 15 is 0 Å². The van der Waals surface area contributed by atoms with Gasteiger partial charge in [-0.25, -0.2) is 8.78 Å². The van der Waals surface area contributed by atoms with E-state index < -0.39 is 11.6 Å². The van der Waals surface area contributed by atoms with Gasteiger partial charge in [-0.05, 0) is 30.4 Å². The molecule has 0 radical (unpaired) electrons. The number of thioether (sulfide) groups is 1. The Morgan fingerprint density at radius 1 is 1.43 bits per heavy atom. The second-order valence-electron chi connectivity index (χ2n) is 2.79. The molecule has 0 fully saturated rings. The SMILES string of the molecule is CSc1cc(F)cc(CCC=O)c1F. The first kappa shape index (κ1) is 11.2. The van der Waals surface area contributed by atoms with Crippen LogP contribution in [0.1, 0.15) is 12.0 Å². The van der Waals surface area contributed by atoms with Crippen LogP contribution in [0, 0.1) is 11.6 Å². The lowest BCUT2D eigenvalue weighted by Gasteiger charge is -2.05. The Morgan fingerprint density at radius 2 is 2.14 bits per heavy atom. The van der Waals surface area contributed by atoms with Crippen molar-refractivity contribution in [2.75, 3.05) is 6.26 Å². The average Bonchev–Trinajstić information content (AvgIpc) is 2.18. The molecule has 0 heterocycles. The van der Waals surface area contributed by atoms with E-state index in [4.69, 9.17) is 0 Å². The number of carbonyl (C=O) groups excluding carboxylic acids is 1. The van der Waals surface area contributed by atoms with E-state index in [1.165, 1.54) is 0 Å². The zero-order chi connectivity index (χ0) is 10.6. The smallest absolute Gasteiger partial charge is 0.140 e. The molecule has 0 saturated carbocycles. The van der Waals surface area contributed by atoms with E-state index in [0.717, 1.165) is 23.9 Å². The summed E-state index contributed by atoms with van der Waals surface area (Å²) in [6.07, 6.45) is 2.85. The van der Waals surface area contributed by atoms with Gasteiger partial charge in [0.15, 0.2) is 0 Å². The lowest BCUT2D eigenvalue weighted by Crippen LogP contribution is -1.95. The highest BCUT2D eigenvalue weighted by Crippen LogP contribution is 2.24. The summed E-state index contributed by atoms with van der Waals surface area (Å²) in [7, 11) is 0. The number of carbonyl (C=O) groups is 1. The van der Waals surface area contributed by atoms with Crippen LogP contribution < -0.4 is 0 Å². The molecular formula is C10H10F2OS. The van der Waals surface area contributed by atoms with Crippen LogP contribution in [0.25, 0.3) is 0 Å². The lowest BCUT2D eigenvalue weighted by atomic mass is 10.1. The molecule has 1 nitrogen and oxygen atoms in total. The second kappa shape index (κ2) is 5.10. The van der Waals surface area contributed by atoms with Crippen molar-refractivity contribution in [3.63, 3.8) is 0 Å². The Balaban J connectivity index is 3.02. The molecule has 0 unspecified atom stereocenters. The summed E-state index contributed by atoms with van der Waals surface area (Å²) in [5.74, 6) is -0.877. The third-order valence-electron chi connectivity index (χ3n) is 1.83. The van der Waals surface area contributed by atoms with Gasteiger partial charge in [-0.2, -0.15) is 0 Å². The number of rotatable bonds is 4. The Hall–Kier alpha value is -0.900. The fraction of sp³-hybridized carbons (Fsp3) is 0.300. The molecule has 0 bridgehead atoms. The van der Waals surface area contributed by atoms with Crippen molar-refractivity contribution >= 4 is 18.0 Å². The van der Waals surface area contributed by atoms with Crippen LogP contribution in [0.15, 0.2) is 17.0 Å². The minimum atomic E-state index is -0.461. The summed E-state index contributed by atoms with van der Waals surface area (Å²) in [4.78, 5) is 10.4. The number of benzene rings is 1. The second-order valence-corrected chi connectivity index (χ2v) is 3.63. The fourth-order valence-electron chi connectivity index (χ4n) is 1.16. The molecule has 0 spiro atoms. The van der Waals surface area contributed by atoms with Crippen LogP contribution in [-0.2, 0) is 11.2 Å². The molecule has 0 aromatic heterocycles. The zero-order valence-electron chi connectivity index (χ0n) is 7.72. The Labute approximate surface area is 85.5 Å². The molecule has 0 aliphatic carbocycles. The van der Waals surface area contributed by atoms with Gasteiger partial charge in [0.1, 0.15) is 17.9 Å². The Bertz CT molecular complexity index is 339. The highest BCUT2D eigenvalue weighted by atomic mass is 32.2. The minimum absolute atomic E-state index is 0.216. The van der Waals surface area contributed by atoms with Crippen molar-refractivity contribution in [2.45, 2.75) is 17.7 Å². The monoisotopic (exact) mass is 216 g/mol. The van der Waals surface area contributed by atoms with Crippen molar-refractivity contribution in [3.05, 3.63) is 29.3 Å². The Morgan fingerprint density at radius 3 is 2.71 bits per heavy atom. The van der Waals surface area contributed by atoms with Crippen LogP contribution in [0.2, 0.25) is 0 Å². The first-order chi connectivity index (χ1) is 6.69. The predicted molar refractivity (Wildman–Crippen MR) is 52.5 cm³/mol. The highest BCUT2D eigenvalue weighted by Gasteiger charge is 2.09. The standard InChI is InChI=1S/C10H10F2OS/c1-14-9-6-8(11)5-7(10(9)12)3-2-4-13/h4-6H,2-3H2,1H3. The lowest BCUT2D eigenvalue weighted by molar-refractivity contribution is -0.107. The molecule has 4 heteroatoms. The number of halogens is 2. The normalized spacial score (nSPS) is 10.2. The summed E-state index contributed by atoms with van der Waals surface area (Å²) >= 11 is 1.15. The van der Waals surface area contributed by atoms with Gasteiger partial charge >= 0.3 is 0 Å². The van der Waals surface area contributed by atoms with Crippen molar-refractivity contribution in [1.29, 1.82) is 0 Å². The highest BCUT2D eigenvalue weighted by molar-refractivity contribution is 7.98. The van der Waals surface area contributed by atoms with Crippen LogP contribution in [-0.4, -0.2) is 12.5 Å². The van der Waals surface area contributed by atoms with Gasteiger partial charge in [0.25, 0.3) is 0 Å². The average molecular weight is 216 g/mol. The molecule has 0 amide bonds. The maximum absolute atomic E-state index is 13.5. The summed E-state index contributed by atoms with van der Waals surface area (Å²) in [5, 5.41) is 0. The molecule has 0 atom stereocenters. The quantitative estimate of drug-likeness (QED) is 0.568. The molecule has 1 aromatic rings. The number of hydrogen-bond acceptors (Lipinski definition) is 2. The van der Waals surface area contributed by atoms with Crippen molar-refractivity contribution < 1.29 is 13.6 Å². The molecule has 1 aromatic carbocycles. The zero-order valence-corrected chi connectivity index (χ0v) is 8.54. The molecule has 0 aliphatic rings. The van der Waals surface area contributed by atoms with Gasteiger partial charge in [-0.1, -0.05) is 0 Å². The van der Waals surface area contributed by atoms with E-state index in [-0.39, 0.29) is 23.3 Å².